The highest BCUT2D eigenvalue weighted by Gasteiger charge is 2.27. The van der Waals surface area contributed by atoms with Gasteiger partial charge < -0.3 is 11.1 Å². The molecule has 0 saturated heterocycles. The Balaban J connectivity index is 1.83. The third-order valence-electron chi connectivity index (χ3n) is 4.40. The number of rotatable bonds is 3. The fourth-order valence-corrected chi connectivity index (χ4v) is 3.19. The molecule has 0 aromatic carbocycles. The predicted octanol–water partition coefficient (Wildman–Crippen LogP) is 1.13. The molecule has 112 valence electrons. The summed E-state index contributed by atoms with van der Waals surface area (Å²) in [4.78, 5) is 16.8. The molecule has 3 N–H and O–H groups in total. The first-order valence-electron chi connectivity index (χ1n) is 7.40. The van der Waals surface area contributed by atoms with Crippen molar-refractivity contribution in [1.29, 1.82) is 0 Å². The van der Waals surface area contributed by atoms with Crippen molar-refractivity contribution in [3.63, 3.8) is 0 Å². The molecular formula is C15H21N5O. The Hall–Kier alpha value is -1.95. The Labute approximate surface area is 123 Å². The summed E-state index contributed by atoms with van der Waals surface area (Å²) in [6, 6.07) is 2.06. The van der Waals surface area contributed by atoms with Gasteiger partial charge in [-0.3, -0.25) is 9.48 Å². The van der Waals surface area contributed by atoms with Crippen molar-refractivity contribution in [3.05, 3.63) is 23.5 Å². The van der Waals surface area contributed by atoms with Gasteiger partial charge in [0.2, 0.25) is 0 Å². The van der Waals surface area contributed by atoms with Crippen LogP contribution in [0.25, 0.3) is 11.0 Å². The topological polar surface area (TPSA) is 85.8 Å². The monoisotopic (exact) mass is 287 g/mol. The zero-order chi connectivity index (χ0) is 15.0. The summed E-state index contributed by atoms with van der Waals surface area (Å²) in [6.07, 6.45) is 4.85. The number of carbonyl (C=O) groups excluding carboxylic acids is 1. The van der Waals surface area contributed by atoms with Crippen LogP contribution in [0.4, 0.5) is 0 Å². The minimum absolute atomic E-state index is 0.0713. The van der Waals surface area contributed by atoms with Crippen molar-refractivity contribution in [3.8, 4) is 0 Å². The van der Waals surface area contributed by atoms with E-state index in [9.17, 15) is 4.79 Å². The molecule has 1 fully saturated rings. The van der Waals surface area contributed by atoms with Crippen molar-refractivity contribution in [2.24, 2.45) is 18.7 Å². The molecule has 0 spiro atoms. The maximum atomic E-state index is 12.4. The van der Waals surface area contributed by atoms with Gasteiger partial charge in [0.15, 0.2) is 5.65 Å². The molecule has 6 nitrogen and oxygen atoms in total. The van der Waals surface area contributed by atoms with Gasteiger partial charge in [-0.15, -0.1) is 0 Å². The number of nitrogens with two attached hydrogens (primary N) is 1. The average Bonchev–Trinajstić information content (AvgIpc) is 3.03. The highest BCUT2D eigenvalue weighted by Crippen LogP contribution is 2.25. The molecule has 0 radical (unpaired) electrons. The van der Waals surface area contributed by atoms with E-state index in [0.29, 0.717) is 18.0 Å². The molecular weight excluding hydrogens is 266 g/mol. The molecule has 21 heavy (non-hydrogen) atoms. The van der Waals surface area contributed by atoms with Crippen molar-refractivity contribution >= 4 is 16.9 Å². The van der Waals surface area contributed by atoms with Gasteiger partial charge in [0.25, 0.3) is 5.91 Å². The Bertz CT molecular complexity index is 678. The highest BCUT2D eigenvalue weighted by molar-refractivity contribution is 5.97. The Morgan fingerprint density at radius 1 is 1.52 bits per heavy atom. The zero-order valence-corrected chi connectivity index (χ0v) is 12.5. The lowest BCUT2D eigenvalue weighted by atomic mass is 10.0. The SMILES string of the molecule is Cc1nn(C)c2ncc(C(=O)NC3CCCC3CN)cc12. The van der Waals surface area contributed by atoms with Gasteiger partial charge in [0.05, 0.1) is 11.3 Å². The molecule has 2 aromatic heterocycles. The lowest BCUT2D eigenvalue weighted by Gasteiger charge is -2.19. The summed E-state index contributed by atoms with van der Waals surface area (Å²) in [5.74, 6) is 0.323. The first-order chi connectivity index (χ1) is 10.1. The van der Waals surface area contributed by atoms with Gasteiger partial charge in [0.1, 0.15) is 0 Å². The number of nitrogens with one attached hydrogen (secondary N) is 1. The number of carbonyl (C=O) groups is 1. The third-order valence-corrected chi connectivity index (χ3v) is 4.40. The summed E-state index contributed by atoms with van der Waals surface area (Å²) in [7, 11) is 1.85. The molecule has 2 aromatic rings. The van der Waals surface area contributed by atoms with E-state index in [4.69, 9.17) is 5.73 Å². The van der Waals surface area contributed by atoms with E-state index in [-0.39, 0.29) is 11.9 Å². The standard InChI is InChI=1S/C15H21N5O/c1-9-12-6-11(8-17-14(12)20(2)19-9)15(21)18-13-5-3-4-10(13)7-16/h6,8,10,13H,3-5,7,16H2,1-2H3,(H,18,21). The molecule has 2 unspecified atom stereocenters. The first-order valence-corrected chi connectivity index (χ1v) is 7.40. The molecule has 1 saturated carbocycles. The van der Waals surface area contributed by atoms with Crippen LogP contribution >= 0.6 is 0 Å². The van der Waals surface area contributed by atoms with E-state index < -0.39 is 0 Å². The maximum Gasteiger partial charge on any atom is 0.253 e. The predicted molar refractivity (Wildman–Crippen MR) is 80.9 cm³/mol. The Kier molecular flexibility index (Phi) is 3.63. The lowest BCUT2D eigenvalue weighted by molar-refractivity contribution is 0.0928. The van der Waals surface area contributed by atoms with E-state index >= 15 is 0 Å². The summed E-state index contributed by atoms with van der Waals surface area (Å²) in [5, 5.41) is 8.35. The summed E-state index contributed by atoms with van der Waals surface area (Å²) < 4.78 is 1.73. The quantitative estimate of drug-likeness (QED) is 0.886. The third kappa shape index (κ3) is 2.51. The minimum atomic E-state index is -0.0713. The zero-order valence-electron chi connectivity index (χ0n) is 12.5. The van der Waals surface area contributed by atoms with Gasteiger partial charge in [0, 0.05) is 24.7 Å². The first kappa shape index (κ1) is 14.0. The second-order valence-corrected chi connectivity index (χ2v) is 5.81. The summed E-state index contributed by atoms with van der Waals surface area (Å²) >= 11 is 0. The lowest BCUT2D eigenvalue weighted by Crippen LogP contribution is -2.39. The smallest absolute Gasteiger partial charge is 0.253 e. The van der Waals surface area contributed by atoms with Gasteiger partial charge in [-0.2, -0.15) is 5.10 Å². The number of aromatic nitrogens is 3. The van der Waals surface area contributed by atoms with Crippen LogP contribution in [-0.4, -0.2) is 33.3 Å². The normalized spacial score (nSPS) is 21.9. The molecule has 6 heteroatoms. The number of aryl methyl sites for hydroxylation is 2. The van der Waals surface area contributed by atoms with E-state index in [2.05, 4.69) is 15.4 Å². The van der Waals surface area contributed by atoms with Crippen LogP contribution in [-0.2, 0) is 7.05 Å². The van der Waals surface area contributed by atoms with E-state index in [0.717, 1.165) is 36.0 Å². The van der Waals surface area contributed by atoms with Gasteiger partial charge in [-0.1, -0.05) is 6.42 Å². The van der Waals surface area contributed by atoms with E-state index in [1.807, 2.05) is 20.0 Å². The van der Waals surface area contributed by atoms with Gasteiger partial charge in [-0.25, -0.2) is 4.98 Å². The van der Waals surface area contributed by atoms with Crippen LogP contribution in [0.5, 0.6) is 0 Å². The largest absolute Gasteiger partial charge is 0.349 e. The van der Waals surface area contributed by atoms with Crippen LogP contribution in [0.3, 0.4) is 0 Å². The number of hydrogen-bond donors (Lipinski definition) is 2. The number of pyridine rings is 1. The van der Waals surface area contributed by atoms with Crippen LogP contribution in [0.15, 0.2) is 12.3 Å². The molecule has 0 bridgehead atoms. The summed E-state index contributed by atoms with van der Waals surface area (Å²) in [5.41, 5.74) is 8.03. The minimum Gasteiger partial charge on any atom is -0.349 e. The van der Waals surface area contributed by atoms with Crippen LogP contribution in [0.1, 0.15) is 35.3 Å². The van der Waals surface area contributed by atoms with Crippen LogP contribution < -0.4 is 11.1 Å². The summed E-state index contributed by atoms with van der Waals surface area (Å²) in [6.45, 7) is 2.55. The van der Waals surface area contributed by atoms with Crippen molar-refractivity contribution in [2.45, 2.75) is 32.2 Å². The fraction of sp³-hybridized carbons (Fsp3) is 0.533. The second-order valence-electron chi connectivity index (χ2n) is 5.81. The fourth-order valence-electron chi connectivity index (χ4n) is 3.19. The van der Waals surface area contributed by atoms with Crippen molar-refractivity contribution in [2.75, 3.05) is 6.54 Å². The van der Waals surface area contributed by atoms with Gasteiger partial charge >= 0.3 is 0 Å². The molecule has 1 amide bonds. The molecule has 3 rings (SSSR count). The Morgan fingerprint density at radius 3 is 3.10 bits per heavy atom. The van der Waals surface area contributed by atoms with Gasteiger partial charge in [-0.05, 0) is 38.3 Å². The second kappa shape index (κ2) is 5.44. The number of nitrogens with zero attached hydrogens (tertiary/aromatic N) is 3. The number of amides is 1. The maximum absolute atomic E-state index is 12.4. The Morgan fingerprint density at radius 2 is 2.33 bits per heavy atom. The average molecular weight is 287 g/mol. The van der Waals surface area contributed by atoms with Crippen molar-refractivity contribution in [1.82, 2.24) is 20.1 Å². The molecule has 0 aliphatic heterocycles. The van der Waals surface area contributed by atoms with E-state index in [1.54, 1.807) is 10.9 Å². The molecule has 1 aliphatic carbocycles. The number of hydrogen-bond acceptors (Lipinski definition) is 4. The van der Waals surface area contributed by atoms with E-state index in [1.165, 1.54) is 0 Å². The number of fused-ring (bicyclic) bond motifs is 1. The van der Waals surface area contributed by atoms with Crippen LogP contribution in [0, 0.1) is 12.8 Å². The molecule has 1 aliphatic rings. The highest BCUT2D eigenvalue weighted by atomic mass is 16.1. The molecule has 2 heterocycles. The molecule has 2 atom stereocenters. The van der Waals surface area contributed by atoms with Crippen LogP contribution in [0.2, 0.25) is 0 Å². The van der Waals surface area contributed by atoms with Crippen molar-refractivity contribution < 1.29 is 4.79 Å².